The summed E-state index contributed by atoms with van der Waals surface area (Å²) in [5, 5.41) is 3.32. The Balaban J connectivity index is 2.39. The molecule has 1 aromatic carbocycles. The van der Waals surface area contributed by atoms with Crippen molar-refractivity contribution in [1.82, 2.24) is 5.32 Å². The molecule has 0 aliphatic heterocycles. The monoisotopic (exact) mass is 265 g/mol. The van der Waals surface area contributed by atoms with Crippen LogP contribution in [0.3, 0.4) is 0 Å². The quantitative estimate of drug-likeness (QED) is 0.732. The zero-order valence-corrected chi connectivity index (χ0v) is 11.9. The van der Waals surface area contributed by atoms with Crippen molar-refractivity contribution in [3.63, 3.8) is 0 Å². The van der Waals surface area contributed by atoms with Crippen LogP contribution in [0, 0.1) is 0 Å². The van der Waals surface area contributed by atoms with Gasteiger partial charge in [-0.3, -0.25) is 4.79 Å². The van der Waals surface area contributed by atoms with Crippen LogP contribution in [-0.2, 0) is 27.4 Å². The molecule has 0 aliphatic carbocycles. The molecule has 0 aliphatic rings. The van der Waals surface area contributed by atoms with E-state index in [1.807, 2.05) is 26.0 Å². The van der Waals surface area contributed by atoms with Gasteiger partial charge in [0.1, 0.15) is 0 Å². The van der Waals surface area contributed by atoms with Gasteiger partial charge < -0.3 is 14.8 Å². The molecule has 0 bridgehead atoms. The molecule has 4 nitrogen and oxygen atoms in total. The summed E-state index contributed by atoms with van der Waals surface area (Å²) < 4.78 is 10.0. The molecule has 0 saturated heterocycles. The molecule has 1 atom stereocenters. The molecule has 0 spiro atoms. The number of methoxy groups -OCH3 is 1. The number of carbonyl (C=O) groups excluding carboxylic acids is 1. The summed E-state index contributed by atoms with van der Waals surface area (Å²) in [4.78, 5) is 11.3. The molecule has 1 unspecified atom stereocenters. The standard InChI is InChI=1S/C15H23NO3/c1-4-19-15(17)8-12(2)16-10-13-6-5-7-14(9-13)11-18-3/h5-7,9,12,16H,4,8,10-11H2,1-3H3. The third kappa shape index (κ3) is 6.36. The van der Waals surface area contributed by atoms with E-state index in [4.69, 9.17) is 9.47 Å². The van der Waals surface area contributed by atoms with Crippen molar-refractivity contribution in [3.8, 4) is 0 Å². The number of rotatable bonds is 8. The van der Waals surface area contributed by atoms with E-state index in [0.29, 0.717) is 19.6 Å². The van der Waals surface area contributed by atoms with Crippen LogP contribution in [0.4, 0.5) is 0 Å². The maximum atomic E-state index is 11.3. The number of hydrogen-bond acceptors (Lipinski definition) is 4. The second kappa shape index (κ2) is 8.67. The molecule has 0 aromatic heterocycles. The highest BCUT2D eigenvalue weighted by Crippen LogP contribution is 2.07. The number of esters is 1. The Kier molecular flexibility index (Phi) is 7.15. The fourth-order valence-corrected chi connectivity index (χ4v) is 1.83. The Hall–Kier alpha value is -1.39. The Morgan fingerprint density at radius 2 is 2.11 bits per heavy atom. The minimum absolute atomic E-state index is 0.102. The van der Waals surface area contributed by atoms with Crippen molar-refractivity contribution in [2.45, 2.75) is 39.5 Å². The second-order valence-electron chi connectivity index (χ2n) is 4.54. The lowest BCUT2D eigenvalue weighted by molar-refractivity contribution is -0.143. The lowest BCUT2D eigenvalue weighted by atomic mass is 10.1. The van der Waals surface area contributed by atoms with Crippen LogP contribution in [0.5, 0.6) is 0 Å². The summed E-state index contributed by atoms with van der Waals surface area (Å²) in [6.07, 6.45) is 0.394. The first-order valence-electron chi connectivity index (χ1n) is 6.61. The number of ether oxygens (including phenoxy) is 2. The predicted octanol–water partition coefficient (Wildman–Crippen LogP) is 2.26. The van der Waals surface area contributed by atoms with Crippen molar-refractivity contribution >= 4 is 5.97 Å². The summed E-state index contributed by atoms with van der Waals surface area (Å²) in [5.74, 6) is -0.157. The van der Waals surface area contributed by atoms with Crippen molar-refractivity contribution < 1.29 is 14.3 Å². The van der Waals surface area contributed by atoms with Crippen molar-refractivity contribution in [2.75, 3.05) is 13.7 Å². The molecule has 4 heteroatoms. The number of benzene rings is 1. The van der Waals surface area contributed by atoms with Crippen LogP contribution in [0.15, 0.2) is 24.3 Å². The molecule has 0 fully saturated rings. The average molecular weight is 265 g/mol. The van der Waals surface area contributed by atoms with E-state index in [1.54, 1.807) is 7.11 Å². The first-order valence-corrected chi connectivity index (χ1v) is 6.61. The van der Waals surface area contributed by atoms with E-state index in [0.717, 1.165) is 12.1 Å². The summed E-state index contributed by atoms with van der Waals surface area (Å²) in [6, 6.07) is 8.32. The Bertz CT molecular complexity index is 393. The van der Waals surface area contributed by atoms with Crippen LogP contribution >= 0.6 is 0 Å². The fraction of sp³-hybridized carbons (Fsp3) is 0.533. The summed E-state index contributed by atoms with van der Waals surface area (Å²) in [7, 11) is 1.69. The molecule has 106 valence electrons. The smallest absolute Gasteiger partial charge is 0.307 e. The van der Waals surface area contributed by atoms with Gasteiger partial charge in [0, 0.05) is 19.7 Å². The van der Waals surface area contributed by atoms with Gasteiger partial charge in [-0.15, -0.1) is 0 Å². The van der Waals surface area contributed by atoms with Gasteiger partial charge in [0.25, 0.3) is 0 Å². The average Bonchev–Trinajstić information content (AvgIpc) is 2.37. The highest BCUT2D eigenvalue weighted by molar-refractivity contribution is 5.69. The molecule has 0 amide bonds. The minimum atomic E-state index is -0.157. The molecule has 1 N–H and O–H groups in total. The van der Waals surface area contributed by atoms with Gasteiger partial charge in [-0.1, -0.05) is 24.3 Å². The maximum Gasteiger partial charge on any atom is 0.307 e. The zero-order chi connectivity index (χ0) is 14.1. The van der Waals surface area contributed by atoms with Crippen LogP contribution in [0.1, 0.15) is 31.4 Å². The molecule has 1 aromatic rings. The lowest BCUT2D eigenvalue weighted by Crippen LogP contribution is -2.28. The van der Waals surface area contributed by atoms with Gasteiger partial charge in [0.15, 0.2) is 0 Å². The predicted molar refractivity (Wildman–Crippen MR) is 74.7 cm³/mol. The van der Waals surface area contributed by atoms with E-state index in [-0.39, 0.29) is 12.0 Å². The van der Waals surface area contributed by atoms with Crippen LogP contribution in [-0.4, -0.2) is 25.7 Å². The van der Waals surface area contributed by atoms with Crippen LogP contribution in [0.25, 0.3) is 0 Å². The van der Waals surface area contributed by atoms with Gasteiger partial charge in [-0.2, -0.15) is 0 Å². The Morgan fingerprint density at radius 3 is 2.79 bits per heavy atom. The van der Waals surface area contributed by atoms with E-state index >= 15 is 0 Å². The molecule has 1 rings (SSSR count). The minimum Gasteiger partial charge on any atom is -0.466 e. The van der Waals surface area contributed by atoms with Crippen molar-refractivity contribution in [3.05, 3.63) is 35.4 Å². The Morgan fingerprint density at radius 1 is 1.37 bits per heavy atom. The van der Waals surface area contributed by atoms with E-state index in [2.05, 4.69) is 17.4 Å². The van der Waals surface area contributed by atoms with Gasteiger partial charge in [-0.05, 0) is 25.0 Å². The number of hydrogen-bond donors (Lipinski definition) is 1. The molecule has 19 heavy (non-hydrogen) atoms. The molecular formula is C15H23NO3. The summed E-state index contributed by atoms with van der Waals surface area (Å²) >= 11 is 0. The van der Waals surface area contributed by atoms with Crippen LogP contribution < -0.4 is 5.32 Å². The van der Waals surface area contributed by atoms with E-state index in [1.165, 1.54) is 5.56 Å². The van der Waals surface area contributed by atoms with Gasteiger partial charge in [-0.25, -0.2) is 0 Å². The maximum absolute atomic E-state index is 11.3. The van der Waals surface area contributed by atoms with E-state index in [9.17, 15) is 4.79 Å². The highest BCUT2D eigenvalue weighted by atomic mass is 16.5. The lowest BCUT2D eigenvalue weighted by Gasteiger charge is -2.13. The van der Waals surface area contributed by atoms with Crippen LogP contribution in [0.2, 0.25) is 0 Å². The molecule has 0 radical (unpaired) electrons. The van der Waals surface area contributed by atoms with Crippen molar-refractivity contribution in [2.24, 2.45) is 0 Å². The van der Waals surface area contributed by atoms with Gasteiger partial charge >= 0.3 is 5.97 Å². The zero-order valence-electron chi connectivity index (χ0n) is 11.9. The first kappa shape index (κ1) is 15.7. The Labute approximate surface area is 115 Å². The third-order valence-electron chi connectivity index (χ3n) is 2.74. The fourth-order valence-electron chi connectivity index (χ4n) is 1.83. The van der Waals surface area contributed by atoms with Gasteiger partial charge in [0.05, 0.1) is 19.6 Å². The van der Waals surface area contributed by atoms with E-state index < -0.39 is 0 Å². The van der Waals surface area contributed by atoms with Crippen molar-refractivity contribution in [1.29, 1.82) is 0 Å². The highest BCUT2D eigenvalue weighted by Gasteiger charge is 2.09. The normalized spacial score (nSPS) is 12.2. The second-order valence-corrected chi connectivity index (χ2v) is 4.54. The first-order chi connectivity index (χ1) is 9.15. The topological polar surface area (TPSA) is 47.6 Å². The third-order valence-corrected chi connectivity index (χ3v) is 2.74. The summed E-state index contributed by atoms with van der Waals surface area (Å²) in [5.41, 5.74) is 2.34. The molecule has 0 saturated carbocycles. The number of carbonyl (C=O) groups is 1. The molecular weight excluding hydrogens is 242 g/mol. The number of nitrogens with one attached hydrogen (secondary N) is 1. The van der Waals surface area contributed by atoms with Gasteiger partial charge in [0.2, 0.25) is 0 Å². The largest absolute Gasteiger partial charge is 0.466 e. The SMILES string of the molecule is CCOC(=O)CC(C)NCc1cccc(COC)c1. The summed E-state index contributed by atoms with van der Waals surface area (Å²) in [6.45, 7) is 5.59. The molecule has 0 heterocycles.